The minimum Gasteiger partial charge on any atom is -0.310 e. The maximum atomic E-state index is 12.3. The first-order valence-electron chi connectivity index (χ1n) is 8.83. The van der Waals surface area contributed by atoms with Gasteiger partial charge in [-0.1, -0.05) is 35.5 Å². The van der Waals surface area contributed by atoms with E-state index in [0.29, 0.717) is 11.5 Å². The number of nitrogens with zero attached hydrogens (tertiary/aromatic N) is 5. The maximum Gasteiger partial charge on any atom is 0.231 e. The summed E-state index contributed by atoms with van der Waals surface area (Å²) in [6, 6.07) is 17.4. The molecule has 138 valence electrons. The Morgan fingerprint density at radius 2 is 1.89 bits per heavy atom. The molecule has 7 nitrogen and oxygen atoms in total. The van der Waals surface area contributed by atoms with Gasteiger partial charge in [-0.3, -0.25) is 9.78 Å². The first-order valence-corrected chi connectivity index (χ1v) is 8.83. The summed E-state index contributed by atoms with van der Waals surface area (Å²) in [6.45, 7) is 1.91. The fourth-order valence-electron chi connectivity index (χ4n) is 2.80. The summed E-state index contributed by atoms with van der Waals surface area (Å²) < 4.78 is 1.63. The first kappa shape index (κ1) is 17.5. The van der Waals surface area contributed by atoms with Gasteiger partial charge in [0.15, 0.2) is 0 Å². The van der Waals surface area contributed by atoms with Gasteiger partial charge in [-0.05, 0) is 36.8 Å². The molecule has 0 spiro atoms. The molecular formula is C21H18N6O. The SMILES string of the molecule is Cc1cc(-n2cc(CC(=O)Nc3ccc(-c4ccccc4)cn3)nn2)ccn1. The second-order valence-electron chi connectivity index (χ2n) is 6.33. The number of pyridine rings is 2. The minimum absolute atomic E-state index is 0.117. The van der Waals surface area contributed by atoms with E-state index in [-0.39, 0.29) is 12.3 Å². The van der Waals surface area contributed by atoms with Gasteiger partial charge in [0.05, 0.1) is 24.0 Å². The molecule has 1 N–H and O–H groups in total. The first-order chi connectivity index (χ1) is 13.7. The summed E-state index contributed by atoms with van der Waals surface area (Å²) in [6.07, 6.45) is 5.31. The third kappa shape index (κ3) is 4.09. The van der Waals surface area contributed by atoms with Crippen molar-refractivity contribution in [2.24, 2.45) is 0 Å². The predicted molar refractivity (Wildman–Crippen MR) is 106 cm³/mol. The summed E-state index contributed by atoms with van der Waals surface area (Å²) >= 11 is 0. The number of hydrogen-bond acceptors (Lipinski definition) is 5. The van der Waals surface area contributed by atoms with Crippen LogP contribution in [-0.2, 0) is 11.2 Å². The van der Waals surface area contributed by atoms with Crippen molar-refractivity contribution in [2.45, 2.75) is 13.3 Å². The molecule has 7 heteroatoms. The Morgan fingerprint density at radius 3 is 2.64 bits per heavy atom. The van der Waals surface area contributed by atoms with Gasteiger partial charge in [0, 0.05) is 23.7 Å². The van der Waals surface area contributed by atoms with Gasteiger partial charge < -0.3 is 5.32 Å². The van der Waals surface area contributed by atoms with Gasteiger partial charge in [0.1, 0.15) is 5.82 Å². The lowest BCUT2D eigenvalue weighted by atomic mass is 10.1. The largest absolute Gasteiger partial charge is 0.310 e. The smallest absolute Gasteiger partial charge is 0.231 e. The summed E-state index contributed by atoms with van der Waals surface area (Å²) in [5.41, 5.74) is 4.39. The van der Waals surface area contributed by atoms with Crippen LogP contribution in [0.25, 0.3) is 16.8 Å². The van der Waals surface area contributed by atoms with Crippen LogP contribution in [0.15, 0.2) is 73.2 Å². The number of hydrogen-bond donors (Lipinski definition) is 1. The number of benzene rings is 1. The molecule has 0 radical (unpaired) electrons. The normalized spacial score (nSPS) is 10.6. The van der Waals surface area contributed by atoms with Crippen molar-refractivity contribution in [1.82, 2.24) is 25.0 Å². The van der Waals surface area contributed by atoms with Crippen molar-refractivity contribution < 1.29 is 4.79 Å². The second kappa shape index (κ2) is 7.79. The lowest BCUT2D eigenvalue weighted by Gasteiger charge is -2.05. The molecule has 1 aromatic carbocycles. The van der Waals surface area contributed by atoms with Crippen LogP contribution in [0.4, 0.5) is 5.82 Å². The zero-order chi connectivity index (χ0) is 19.3. The number of carbonyl (C=O) groups is 1. The fourth-order valence-corrected chi connectivity index (χ4v) is 2.80. The van der Waals surface area contributed by atoms with Crippen molar-refractivity contribution in [2.75, 3.05) is 5.32 Å². The summed E-state index contributed by atoms with van der Waals surface area (Å²) in [5.74, 6) is 0.305. The molecule has 1 amide bonds. The van der Waals surface area contributed by atoms with Crippen LogP contribution in [0.5, 0.6) is 0 Å². The molecule has 0 saturated carbocycles. The molecule has 3 aromatic heterocycles. The quantitative estimate of drug-likeness (QED) is 0.583. The topological polar surface area (TPSA) is 85.6 Å². The van der Waals surface area contributed by atoms with Crippen molar-refractivity contribution in [1.29, 1.82) is 0 Å². The second-order valence-corrected chi connectivity index (χ2v) is 6.33. The average Bonchev–Trinajstić information content (AvgIpc) is 3.17. The van der Waals surface area contributed by atoms with E-state index in [2.05, 4.69) is 25.6 Å². The van der Waals surface area contributed by atoms with Gasteiger partial charge in [-0.15, -0.1) is 5.10 Å². The molecule has 28 heavy (non-hydrogen) atoms. The molecule has 0 aliphatic heterocycles. The Labute approximate surface area is 162 Å². The molecule has 0 aliphatic carbocycles. The van der Waals surface area contributed by atoms with E-state index in [1.165, 1.54) is 0 Å². The number of nitrogens with one attached hydrogen (secondary N) is 1. The van der Waals surface area contributed by atoms with Gasteiger partial charge >= 0.3 is 0 Å². The van der Waals surface area contributed by atoms with E-state index in [9.17, 15) is 4.79 Å². The van der Waals surface area contributed by atoms with E-state index >= 15 is 0 Å². The number of rotatable bonds is 5. The molecule has 0 unspecified atom stereocenters. The van der Waals surface area contributed by atoms with Crippen LogP contribution in [0, 0.1) is 6.92 Å². The number of amides is 1. The zero-order valence-electron chi connectivity index (χ0n) is 15.3. The van der Waals surface area contributed by atoms with E-state index < -0.39 is 0 Å². The van der Waals surface area contributed by atoms with Crippen molar-refractivity contribution in [3.63, 3.8) is 0 Å². The Hall–Kier alpha value is -3.87. The third-order valence-corrected chi connectivity index (χ3v) is 4.17. The monoisotopic (exact) mass is 370 g/mol. The average molecular weight is 370 g/mol. The molecule has 4 aromatic rings. The van der Waals surface area contributed by atoms with Gasteiger partial charge in [-0.2, -0.15) is 0 Å². The Kier molecular flexibility index (Phi) is 4.88. The highest BCUT2D eigenvalue weighted by molar-refractivity contribution is 5.91. The van der Waals surface area contributed by atoms with Crippen LogP contribution < -0.4 is 5.32 Å². The molecular weight excluding hydrogens is 352 g/mol. The molecule has 0 atom stereocenters. The third-order valence-electron chi connectivity index (χ3n) is 4.17. The van der Waals surface area contributed by atoms with E-state index in [1.54, 1.807) is 29.3 Å². The Morgan fingerprint density at radius 1 is 1.04 bits per heavy atom. The Balaban J connectivity index is 1.39. The van der Waals surface area contributed by atoms with Gasteiger partial charge in [-0.25, -0.2) is 9.67 Å². The number of aromatic nitrogens is 5. The van der Waals surface area contributed by atoms with Crippen molar-refractivity contribution >= 4 is 11.7 Å². The number of carbonyl (C=O) groups excluding carboxylic acids is 1. The van der Waals surface area contributed by atoms with Crippen molar-refractivity contribution in [3.05, 3.63) is 84.6 Å². The van der Waals surface area contributed by atoms with Crippen LogP contribution in [0.1, 0.15) is 11.4 Å². The van der Waals surface area contributed by atoms with E-state index in [4.69, 9.17) is 0 Å². The summed E-state index contributed by atoms with van der Waals surface area (Å²) in [4.78, 5) is 20.8. The maximum absolute atomic E-state index is 12.3. The lowest BCUT2D eigenvalue weighted by Crippen LogP contribution is -2.15. The fraction of sp³-hybridized carbons (Fsp3) is 0.0952. The van der Waals surface area contributed by atoms with Crippen molar-refractivity contribution in [3.8, 4) is 16.8 Å². The number of anilines is 1. The molecule has 0 aliphatic rings. The highest BCUT2D eigenvalue weighted by Crippen LogP contribution is 2.19. The van der Waals surface area contributed by atoms with Gasteiger partial charge in [0.2, 0.25) is 5.91 Å². The highest BCUT2D eigenvalue weighted by Gasteiger charge is 2.10. The number of aryl methyl sites for hydroxylation is 1. The zero-order valence-corrected chi connectivity index (χ0v) is 15.3. The van der Waals surface area contributed by atoms with Crippen LogP contribution >= 0.6 is 0 Å². The Bertz CT molecular complexity index is 1090. The van der Waals surface area contributed by atoms with E-state index in [0.717, 1.165) is 22.5 Å². The molecule has 0 fully saturated rings. The lowest BCUT2D eigenvalue weighted by molar-refractivity contribution is -0.115. The minimum atomic E-state index is -0.196. The highest BCUT2D eigenvalue weighted by atomic mass is 16.1. The van der Waals surface area contributed by atoms with Crippen LogP contribution in [0.2, 0.25) is 0 Å². The summed E-state index contributed by atoms with van der Waals surface area (Å²) in [7, 11) is 0. The van der Waals surface area contributed by atoms with E-state index in [1.807, 2.05) is 55.5 Å². The summed E-state index contributed by atoms with van der Waals surface area (Å²) in [5, 5.41) is 10.9. The molecule has 3 heterocycles. The molecule has 0 bridgehead atoms. The molecule has 0 saturated heterocycles. The molecule has 4 rings (SSSR count). The standard InChI is InChI=1S/C21H18N6O/c1-15-11-19(9-10-22-15)27-14-18(25-26-27)12-21(28)24-20-8-7-17(13-23-20)16-5-3-2-4-6-16/h2-11,13-14H,12H2,1H3,(H,23,24,28). The van der Waals surface area contributed by atoms with Crippen LogP contribution in [-0.4, -0.2) is 30.9 Å². The van der Waals surface area contributed by atoms with Gasteiger partial charge in [0.25, 0.3) is 0 Å². The predicted octanol–water partition coefficient (Wildman–Crippen LogP) is 3.21. The van der Waals surface area contributed by atoms with Crippen LogP contribution in [0.3, 0.4) is 0 Å².